The van der Waals surface area contributed by atoms with Crippen LogP contribution in [0.5, 0.6) is 0 Å². The summed E-state index contributed by atoms with van der Waals surface area (Å²) in [6.45, 7) is 6.34. The fourth-order valence-electron chi connectivity index (χ4n) is 8.36. The fourth-order valence-corrected chi connectivity index (χ4v) is 8.36. The van der Waals surface area contributed by atoms with Gasteiger partial charge < -0.3 is 4.90 Å². The monoisotopic (exact) mass is 327 g/mol. The van der Waals surface area contributed by atoms with E-state index < -0.39 is 0 Å². The molecule has 0 N–H and O–H groups in total. The smallest absolute Gasteiger partial charge is 0.155 e. The second kappa shape index (κ2) is 4.96. The maximum absolute atomic E-state index is 11.9. The molecule has 5 rings (SSSR count). The Hall–Kier alpha value is -0.630. The van der Waals surface area contributed by atoms with Crippen LogP contribution in [0.4, 0.5) is 0 Å². The number of nitrogens with zero attached hydrogens (tertiary/aromatic N) is 1. The van der Waals surface area contributed by atoms with Crippen molar-refractivity contribution in [2.24, 2.45) is 34.5 Å². The van der Waals surface area contributed by atoms with Gasteiger partial charge in [0.1, 0.15) is 0 Å². The number of fused-ring (bicyclic) bond motifs is 4. The first-order valence-electron chi connectivity index (χ1n) is 10.4. The molecule has 7 unspecified atom stereocenters. The minimum absolute atomic E-state index is 0.340. The third-order valence-electron chi connectivity index (χ3n) is 9.57. The van der Waals surface area contributed by atoms with Crippen molar-refractivity contribution in [3.05, 3.63) is 11.6 Å². The van der Waals surface area contributed by atoms with Crippen molar-refractivity contribution in [1.29, 1.82) is 0 Å². The molecule has 1 spiro atoms. The van der Waals surface area contributed by atoms with E-state index in [1.807, 2.05) is 6.08 Å². The van der Waals surface area contributed by atoms with E-state index in [0.29, 0.717) is 16.6 Å². The minimum atomic E-state index is 0.340. The van der Waals surface area contributed by atoms with Crippen LogP contribution in [0, 0.1) is 34.5 Å². The third kappa shape index (κ3) is 1.79. The van der Waals surface area contributed by atoms with E-state index in [1.54, 1.807) is 0 Å². The Morgan fingerprint density at radius 3 is 2.67 bits per heavy atom. The van der Waals surface area contributed by atoms with Crippen molar-refractivity contribution < 1.29 is 4.79 Å². The molecule has 132 valence electrons. The first-order valence-corrected chi connectivity index (χ1v) is 10.4. The van der Waals surface area contributed by atoms with E-state index in [0.717, 1.165) is 42.6 Å². The van der Waals surface area contributed by atoms with Crippen LogP contribution in [0.3, 0.4) is 0 Å². The highest BCUT2D eigenvalue weighted by Crippen LogP contribution is 2.68. The van der Waals surface area contributed by atoms with Crippen LogP contribution in [-0.4, -0.2) is 30.3 Å². The molecule has 2 nitrogen and oxygen atoms in total. The number of hydrogen-bond acceptors (Lipinski definition) is 2. The molecule has 0 aromatic heterocycles. The summed E-state index contributed by atoms with van der Waals surface area (Å²) in [5.74, 6) is 4.08. The normalized spacial score (nSPS) is 53.9. The molecule has 1 saturated heterocycles. The van der Waals surface area contributed by atoms with E-state index >= 15 is 0 Å². The van der Waals surface area contributed by atoms with Gasteiger partial charge >= 0.3 is 0 Å². The summed E-state index contributed by atoms with van der Waals surface area (Å²) < 4.78 is 0. The SMILES string of the molecule is CC1C2CCC3C4CCC5=CC(=O)CCC5(C)C4CCC32CN1C. The Morgan fingerprint density at radius 1 is 1.04 bits per heavy atom. The lowest BCUT2D eigenvalue weighted by atomic mass is 9.46. The van der Waals surface area contributed by atoms with E-state index in [2.05, 4.69) is 25.8 Å². The first-order chi connectivity index (χ1) is 11.5. The molecule has 5 aliphatic rings. The van der Waals surface area contributed by atoms with Gasteiger partial charge in [0.15, 0.2) is 5.78 Å². The Balaban J connectivity index is 1.50. The molecule has 4 fully saturated rings. The number of carbonyl (C=O) groups is 1. The van der Waals surface area contributed by atoms with Gasteiger partial charge in [0, 0.05) is 19.0 Å². The standard InChI is InChI=1S/C22H33NO/c1-14-18-6-7-20-17-5-4-15-12-16(24)8-10-21(15,2)19(17)9-11-22(18,20)13-23(14)3/h12,14,17-20H,4-11,13H2,1-3H3. The molecule has 0 radical (unpaired) electrons. The summed E-state index contributed by atoms with van der Waals surface area (Å²) in [7, 11) is 2.36. The number of carbonyl (C=O) groups excluding carboxylic acids is 1. The van der Waals surface area contributed by atoms with Crippen LogP contribution >= 0.6 is 0 Å². The van der Waals surface area contributed by atoms with Gasteiger partial charge in [-0.25, -0.2) is 0 Å². The molecule has 0 bridgehead atoms. The summed E-state index contributed by atoms with van der Waals surface area (Å²) in [5, 5.41) is 0. The van der Waals surface area contributed by atoms with E-state index in [1.165, 1.54) is 50.6 Å². The molecular formula is C22H33NO. The molecule has 4 aliphatic carbocycles. The highest BCUT2D eigenvalue weighted by atomic mass is 16.1. The minimum Gasteiger partial charge on any atom is -0.303 e. The summed E-state index contributed by atoms with van der Waals surface area (Å²) in [5.41, 5.74) is 2.49. The number of allylic oxidation sites excluding steroid dienone is 1. The number of rotatable bonds is 0. The van der Waals surface area contributed by atoms with Crippen LogP contribution in [0.1, 0.15) is 65.2 Å². The van der Waals surface area contributed by atoms with Crippen molar-refractivity contribution in [3.63, 3.8) is 0 Å². The van der Waals surface area contributed by atoms with Crippen molar-refractivity contribution in [2.45, 2.75) is 71.3 Å². The van der Waals surface area contributed by atoms with Crippen molar-refractivity contribution in [2.75, 3.05) is 13.6 Å². The Labute approximate surface area is 147 Å². The number of ketones is 1. The summed E-state index contributed by atoms with van der Waals surface area (Å²) in [4.78, 5) is 14.6. The van der Waals surface area contributed by atoms with Crippen LogP contribution in [0.2, 0.25) is 0 Å². The average Bonchev–Trinajstić information content (AvgIpc) is 3.03. The lowest BCUT2D eigenvalue weighted by Crippen LogP contribution is -2.51. The number of hydrogen-bond donors (Lipinski definition) is 0. The van der Waals surface area contributed by atoms with Crippen molar-refractivity contribution in [1.82, 2.24) is 4.90 Å². The van der Waals surface area contributed by atoms with Gasteiger partial charge in [-0.2, -0.15) is 0 Å². The van der Waals surface area contributed by atoms with Gasteiger partial charge in [-0.15, -0.1) is 0 Å². The highest BCUT2D eigenvalue weighted by molar-refractivity contribution is 5.91. The molecule has 24 heavy (non-hydrogen) atoms. The van der Waals surface area contributed by atoms with Gasteiger partial charge in [0.2, 0.25) is 0 Å². The molecule has 0 aromatic carbocycles. The summed E-state index contributed by atoms with van der Waals surface area (Å²) >= 11 is 0. The Kier molecular flexibility index (Phi) is 3.23. The molecule has 3 saturated carbocycles. The van der Waals surface area contributed by atoms with Crippen LogP contribution in [-0.2, 0) is 4.79 Å². The predicted molar refractivity (Wildman–Crippen MR) is 96.6 cm³/mol. The highest BCUT2D eigenvalue weighted by Gasteiger charge is 2.64. The summed E-state index contributed by atoms with van der Waals surface area (Å²) in [6.07, 6.45) is 12.3. The zero-order chi connectivity index (χ0) is 16.7. The van der Waals surface area contributed by atoms with E-state index in [-0.39, 0.29) is 0 Å². The molecule has 0 aromatic rings. The number of likely N-dealkylation sites (tertiary alicyclic amines) is 1. The van der Waals surface area contributed by atoms with Crippen LogP contribution in [0.15, 0.2) is 11.6 Å². The maximum Gasteiger partial charge on any atom is 0.155 e. The first kappa shape index (κ1) is 15.6. The zero-order valence-electron chi connectivity index (χ0n) is 15.7. The molecule has 1 aliphatic heterocycles. The topological polar surface area (TPSA) is 20.3 Å². The van der Waals surface area contributed by atoms with Gasteiger partial charge in [-0.1, -0.05) is 12.5 Å². The lowest BCUT2D eigenvalue weighted by Gasteiger charge is -2.58. The van der Waals surface area contributed by atoms with Crippen molar-refractivity contribution in [3.8, 4) is 0 Å². The molecule has 7 atom stereocenters. The largest absolute Gasteiger partial charge is 0.303 e. The Morgan fingerprint density at radius 2 is 1.83 bits per heavy atom. The van der Waals surface area contributed by atoms with E-state index in [9.17, 15) is 4.79 Å². The van der Waals surface area contributed by atoms with Crippen LogP contribution in [0.25, 0.3) is 0 Å². The zero-order valence-corrected chi connectivity index (χ0v) is 15.7. The molecular weight excluding hydrogens is 294 g/mol. The van der Waals surface area contributed by atoms with Crippen molar-refractivity contribution >= 4 is 5.78 Å². The quantitative estimate of drug-likeness (QED) is 0.655. The average molecular weight is 328 g/mol. The second-order valence-electron chi connectivity index (χ2n) is 10.1. The van der Waals surface area contributed by atoms with Gasteiger partial charge in [0.25, 0.3) is 0 Å². The van der Waals surface area contributed by atoms with Gasteiger partial charge in [0.05, 0.1) is 0 Å². The van der Waals surface area contributed by atoms with Gasteiger partial charge in [-0.3, -0.25) is 4.79 Å². The molecule has 1 heterocycles. The Bertz CT molecular complexity index is 609. The maximum atomic E-state index is 11.9. The molecule has 2 heteroatoms. The fraction of sp³-hybridized carbons (Fsp3) is 0.864. The summed E-state index contributed by atoms with van der Waals surface area (Å²) in [6, 6.07) is 0.786. The molecule has 0 amide bonds. The van der Waals surface area contributed by atoms with Crippen LogP contribution < -0.4 is 0 Å². The van der Waals surface area contributed by atoms with Gasteiger partial charge in [-0.05, 0) is 99.5 Å². The third-order valence-corrected chi connectivity index (χ3v) is 9.57. The van der Waals surface area contributed by atoms with E-state index in [4.69, 9.17) is 0 Å². The predicted octanol–water partition coefficient (Wildman–Crippen LogP) is 4.45. The lowest BCUT2D eigenvalue weighted by molar-refractivity contribution is -0.117. The second-order valence-corrected chi connectivity index (χ2v) is 10.1.